The fourth-order valence-corrected chi connectivity index (χ4v) is 3.03. The Bertz CT molecular complexity index is 729. The molecular formula is C19H21N3O2. The minimum atomic E-state index is -0.524. The summed E-state index contributed by atoms with van der Waals surface area (Å²) in [5.74, 6) is -0.129. The molecule has 0 unspecified atom stereocenters. The SMILES string of the molecule is CC1(C)C(=O)N(C(=O)NCc2ccncc2)[C@@H]1Cc1ccccc1. The van der Waals surface area contributed by atoms with Gasteiger partial charge in [0.2, 0.25) is 5.91 Å². The molecule has 1 atom stereocenters. The molecule has 3 rings (SSSR count). The molecule has 2 heterocycles. The van der Waals surface area contributed by atoms with E-state index in [-0.39, 0.29) is 18.0 Å². The molecule has 0 bridgehead atoms. The average molecular weight is 323 g/mol. The zero-order valence-corrected chi connectivity index (χ0v) is 13.9. The molecule has 1 aromatic heterocycles. The fourth-order valence-electron chi connectivity index (χ4n) is 3.03. The van der Waals surface area contributed by atoms with Crippen molar-refractivity contribution in [2.24, 2.45) is 5.41 Å². The number of urea groups is 1. The number of imide groups is 1. The number of carbonyl (C=O) groups is 2. The lowest BCUT2D eigenvalue weighted by Gasteiger charge is -2.51. The highest BCUT2D eigenvalue weighted by Crippen LogP contribution is 2.40. The van der Waals surface area contributed by atoms with Crippen LogP contribution in [0.4, 0.5) is 4.79 Å². The second kappa shape index (κ2) is 6.43. The van der Waals surface area contributed by atoms with Gasteiger partial charge in [0, 0.05) is 18.9 Å². The van der Waals surface area contributed by atoms with Crippen molar-refractivity contribution in [1.29, 1.82) is 0 Å². The number of carbonyl (C=O) groups excluding carboxylic acids is 2. The van der Waals surface area contributed by atoms with E-state index < -0.39 is 5.41 Å². The number of likely N-dealkylation sites (tertiary alicyclic amines) is 1. The zero-order chi connectivity index (χ0) is 17.2. The average Bonchev–Trinajstić information content (AvgIpc) is 2.61. The van der Waals surface area contributed by atoms with Crippen LogP contribution in [0, 0.1) is 5.41 Å². The molecule has 3 amide bonds. The van der Waals surface area contributed by atoms with Crippen LogP contribution in [0.2, 0.25) is 0 Å². The van der Waals surface area contributed by atoms with E-state index in [1.54, 1.807) is 12.4 Å². The molecule has 2 aromatic rings. The highest BCUT2D eigenvalue weighted by molar-refractivity contribution is 6.03. The first-order valence-corrected chi connectivity index (χ1v) is 8.04. The molecule has 1 aliphatic heterocycles. The Morgan fingerprint density at radius 2 is 1.79 bits per heavy atom. The van der Waals surface area contributed by atoms with Crippen LogP contribution in [-0.4, -0.2) is 27.9 Å². The molecule has 0 saturated carbocycles. The Morgan fingerprint density at radius 1 is 1.12 bits per heavy atom. The third-order valence-electron chi connectivity index (χ3n) is 4.60. The Balaban J connectivity index is 1.68. The largest absolute Gasteiger partial charge is 0.334 e. The van der Waals surface area contributed by atoms with Crippen LogP contribution in [0.3, 0.4) is 0 Å². The van der Waals surface area contributed by atoms with Crippen molar-refractivity contribution in [2.45, 2.75) is 32.9 Å². The molecule has 1 aromatic carbocycles. The topological polar surface area (TPSA) is 62.3 Å². The van der Waals surface area contributed by atoms with E-state index in [1.165, 1.54) is 4.90 Å². The molecule has 1 fully saturated rings. The maximum absolute atomic E-state index is 12.5. The minimum Gasteiger partial charge on any atom is -0.334 e. The van der Waals surface area contributed by atoms with Crippen molar-refractivity contribution in [3.8, 4) is 0 Å². The van der Waals surface area contributed by atoms with E-state index in [2.05, 4.69) is 10.3 Å². The van der Waals surface area contributed by atoms with E-state index in [9.17, 15) is 9.59 Å². The number of β-lactam (4-membered cyclic amide) rings is 1. The van der Waals surface area contributed by atoms with Crippen LogP contribution < -0.4 is 5.32 Å². The summed E-state index contributed by atoms with van der Waals surface area (Å²) in [6.07, 6.45) is 4.03. The first kappa shape index (κ1) is 16.2. The zero-order valence-electron chi connectivity index (χ0n) is 13.9. The van der Waals surface area contributed by atoms with E-state index in [0.717, 1.165) is 11.1 Å². The van der Waals surface area contributed by atoms with Gasteiger partial charge < -0.3 is 5.32 Å². The quantitative estimate of drug-likeness (QED) is 0.880. The van der Waals surface area contributed by atoms with Crippen molar-refractivity contribution in [3.05, 3.63) is 66.0 Å². The summed E-state index contributed by atoms with van der Waals surface area (Å²) in [6, 6.07) is 13.1. The number of benzene rings is 1. The maximum atomic E-state index is 12.5. The summed E-state index contributed by atoms with van der Waals surface area (Å²) in [4.78, 5) is 30.2. The first-order valence-electron chi connectivity index (χ1n) is 8.04. The van der Waals surface area contributed by atoms with Gasteiger partial charge in [0.05, 0.1) is 11.5 Å². The van der Waals surface area contributed by atoms with E-state index in [1.807, 2.05) is 56.3 Å². The number of nitrogens with zero attached hydrogens (tertiary/aromatic N) is 2. The summed E-state index contributed by atoms with van der Waals surface area (Å²) in [7, 11) is 0. The van der Waals surface area contributed by atoms with Gasteiger partial charge in [0.1, 0.15) is 0 Å². The van der Waals surface area contributed by atoms with Crippen LogP contribution in [0.25, 0.3) is 0 Å². The van der Waals surface area contributed by atoms with Crippen LogP contribution in [0.15, 0.2) is 54.9 Å². The van der Waals surface area contributed by atoms with Gasteiger partial charge in [-0.3, -0.25) is 14.7 Å². The number of hydrogen-bond acceptors (Lipinski definition) is 3. The summed E-state index contributed by atoms with van der Waals surface area (Å²) in [5, 5.41) is 2.82. The van der Waals surface area contributed by atoms with E-state index in [4.69, 9.17) is 0 Å². The molecule has 5 nitrogen and oxygen atoms in total. The number of amides is 3. The lowest BCUT2D eigenvalue weighted by molar-refractivity contribution is -0.160. The van der Waals surface area contributed by atoms with Crippen molar-refractivity contribution >= 4 is 11.9 Å². The van der Waals surface area contributed by atoms with Gasteiger partial charge in [-0.05, 0) is 43.5 Å². The normalized spacial score (nSPS) is 18.8. The second-order valence-corrected chi connectivity index (χ2v) is 6.62. The number of pyridine rings is 1. The molecule has 24 heavy (non-hydrogen) atoms. The summed E-state index contributed by atoms with van der Waals surface area (Å²) in [6.45, 7) is 4.18. The summed E-state index contributed by atoms with van der Waals surface area (Å²) in [5.41, 5.74) is 1.55. The second-order valence-electron chi connectivity index (χ2n) is 6.62. The lowest BCUT2D eigenvalue weighted by atomic mass is 9.71. The smallest absolute Gasteiger partial charge is 0.324 e. The van der Waals surface area contributed by atoms with Crippen molar-refractivity contribution < 1.29 is 9.59 Å². The molecule has 0 spiro atoms. The third-order valence-corrected chi connectivity index (χ3v) is 4.60. The Kier molecular flexibility index (Phi) is 4.34. The van der Waals surface area contributed by atoms with Gasteiger partial charge in [-0.1, -0.05) is 30.3 Å². The van der Waals surface area contributed by atoms with E-state index in [0.29, 0.717) is 13.0 Å². The molecule has 0 radical (unpaired) electrons. The number of rotatable bonds is 4. The highest BCUT2D eigenvalue weighted by Gasteiger charge is 2.56. The maximum Gasteiger partial charge on any atom is 0.324 e. The van der Waals surface area contributed by atoms with Crippen LogP contribution in [0.1, 0.15) is 25.0 Å². The molecule has 1 aliphatic rings. The van der Waals surface area contributed by atoms with Crippen LogP contribution in [-0.2, 0) is 17.8 Å². The molecule has 1 N–H and O–H groups in total. The van der Waals surface area contributed by atoms with Gasteiger partial charge in [-0.25, -0.2) is 4.79 Å². The molecule has 5 heteroatoms. The van der Waals surface area contributed by atoms with Gasteiger partial charge >= 0.3 is 6.03 Å². The number of aromatic nitrogens is 1. The Morgan fingerprint density at radius 3 is 2.46 bits per heavy atom. The lowest BCUT2D eigenvalue weighted by Crippen LogP contribution is -2.70. The van der Waals surface area contributed by atoms with Crippen molar-refractivity contribution in [2.75, 3.05) is 0 Å². The van der Waals surface area contributed by atoms with Gasteiger partial charge in [0.25, 0.3) is 0 Å². The van der Waals surface area contributed by atoms with Crippen LogP contribution >= 0.6 is 0 Å². The summed E-state index contributed by atoms with van der Waals surface area (Å²) < 4.78 is 0. The minimum absolute atomic E-state index is 0.129. The fraction of sp³-hybridized carbons (Fsp3) is 0.316. The molecule has 124 valence electrons. The van der Waals surface area contributed by atoms with Crippen molar-refractivity contribution in [1.82, 2.24) is 15.2 Å². The number of hydrogen-bond donors (Lipinski definition) is 1. The molecule has 1 saturated heterocycles. The van der Waals surface area contributed by atoms with Gasteiger partial charge in [-0.15, -0.1) is 0 Å². The van der Waals surface area contributed by atoms with Gasteiger partial charge in [0.15, 0.2) is 0 Å². The Hall–Kier alpha value is -2.69. The van der Waals surface area contributed by atoms with Gasteiger partial charge in [-0.2, -0.15) is 0 Å². The highest BCUT2D eigenvalue weighted by atomic mass is 16.2. The first-order chi connectivity index (χ1) is 11.5. The predicted molar refractivity (Wildman–Crippen MR) is 91.0 cm³/mol. The third kappa shape index (κ3) is 3.02. The molecular weight excluding hydrogens is 302 g/mol. The van der Waals surface area contributed by atoms with Crippen LogP contribution in [0.5, 0.6) is 0 Å². The number of nitrogens with one attached hydrogen (secondary N) is 1. The Labute approximate surface area is 141 Å². The van der Waals surface area contributed by atoms with E-state index >= 15 is 0 Å². The predicted octanol–water partition coefficient (Wildman–Crippen LogP) is 2.77. The molecule has 0 aliphatic carbocycles. The van der Waals surface area contributed by atoms with Crippen molar-refractivity contribution in [3.63, 3.8) is 0 Å². The monoisotopic (exact) mass is 323 g/mol. The standard InChI is InChI=1S/C19H21N3O2/c1-19(2)16(12-14-6-4-3-5-7-14)22(17(19)23)18(24)21-13-15-8-10-20-11-9-15/h3-11,16H,12-13H2,1-2H3,(H,21,24)/t16-/m1/s1. The summed E-state index contributed by atoms with van der Waals surface area (Å²) >= 11 is 0.